The van der Waals surface area contributed by atoms with E-state index in [1.54, 1.807) is 30.0 Å². The van der Waals surface area contributed by atoms with E-state index in [2.05, 4.69) is 0 Å². The van der Waals surface area contributed by atoms with Crippen molar-refractivity contribution < 1.29 is 23.8 Å². The largest absolute Gasteiger partial charge is 0.481 e. The first-order valence-electron chi connectivity index (χ1n) is 8.33. The van der Waals surface area contributed by atoms with E-state index >= 15 is 0 Å². The number of ether oxygens (including phenoxy) is 1. The van der Waals surface area contributed by atoms with Crippen LogP contribution in [0.15, 0.2) is 24.3 Å². The lowest BCUT2D eigenvalue weighted by molar-refractivity contribution is -0.140. The third kappa shape index (κ3) is 5.30. The normalized spacial score (nSPS) is 18.3. The van der Waals surface area contributed by atoms with Gasteiger partial charge in [0, 0.05) is 25.6 Å². The smallest absolute Gasteiger partial charge is 0.305 e. The van der Waals surface area contributed by atoms with Gasteiger partial charge in [-0.15, -0.1) is 0 Å². The summed E-state index contributed by atoms with van der Waals surface area (Å²) in [6.45, 7) is 2.97. The second kappa shape index (κ2) is 8.78. The first kappa shape index (κ1) is 18.4. The SMILES string of the molecule is CC(Cc1ccccc1F)C(=O)N(CCC(=O)O)CC1CCCO1. The molecule has 1 aliphatic rings. The van der Waals surface area contributed by atoms with E-state index in [4.69, 9.17) is 9.84 Å². The Bertz CT molecular complexity index is 572. The molecule has 1 aromatic rings. The van der Waals surface area contributed by atoms with Crippen LogP contribution in [0.25, 0.3) is 0 Å². The first-order chi connectivity index (χ1) is 11.5. The molecule has 6 heteroatoms. The van der Waals surface area contributed by atoms with Crippen molar-refractivity contribution in [3.05, 3.63) is 35.6 Å². The second-order valence-electron chi connectivity index (χ2n) is 6.26. The summed E-state index contributed by atoms with van der Waals surface area (Å²) in [6.07, 6.45) is 1.98. The van der Waals surface area contributed by atoms with Crippen LogP contribution in [-0.4, -0.2) is 47.7 Å². The van der Waals surface area contributed by atoms with E-state index in [1.807, 2.05) is 0 Å². The van der Waals surface area contributed by atoms with Gasteiger partial charge in [0.1, 0.15) is 5.82 Å². The van der Waals surface area contributed by atoms with Crippen molar-refractivity contribution in [2.45, 2.75) is 38.7 Å². The number of amides is 1. The highest BCUT2D eigenvalue weighted by Gasteiger charge is 2.26. The Morgan fingerprint density at radius 1 is 1.42 bits per heavy atom. The summed E-state index contributed by atoms with van der Waals surface area (Å²) in [6, 6.07) is 6.40. The Morgan fingerprint density at radius 3 is 2.79 bits per heavy atom. The molecule has 1 N–H and O–H groups in total. The lowest BCUT2D eigenvalue weighted by Gasteiger charge is -2.27. The molecule has 0 radical (unpaired) electrons. The van der Waals surface area contributed by atoms with Crippen molar-refractivity contribution >= 4 is 11.9 Å². The van der Waals surface area contributed by atoms with E-state index in [0.29, 0.717) is 25.1 Å². The van der Waals surface area contributed by atoms with Gasteiger partial charge in [0.05, 0.1) is 12.5 Å². The van der Waals surface area contributed by atoms with Crippen molar-refractivity contribution in [1.82, 2.24) is 4.90 Å². The van der Waals surface area contributed by atoms with E-state index in [0.717, 1.165) is 12.8 Å². The summed E-state index contributed by atoms with van der Waals surface area (Å²) in [4.78, 5) is 25.1. The molecule has 0 bridgehead atoms. The number of nitrogens with zero attached hydrogens (tertiary/aromatic N) is 1. The Morgan fingerprint density at radius 2 is 2.17 bits per heavy atom. The summed E-state index contributed by atoms with van der Waals surface area (Å²) >= 11 is 0. The van der Waals surface area contributed by atoms with Crippen molar-refractivity contribution in [3.63, 3.8) is 0 Å². The minimum atomic E-state index is -0.943. The van der Waals surface area contributed by atoms with E-state index in [-0.39, 0.29) is 30.8 Å². The molecular formula is C18H24FNO4. The maximum Gasteiger partial charge on any atom is 0.305 e. The number of hydrogen-bond acceptors (Lipinski definition) is 3. The van der Waals surface area contributed by atoms with Crippen LogP contribution < -0.4 is 0 Å². The number of carbonyl (C=O) groups is 2. The monoisotopic (exact) mass is 337 g/mol. The van der Waals surface area contributed by atoms with Crippen molar-refractivity contribution in [2.24, 2.45) is 5.92 Å². The van der Waals surface area contributed by atoms with Gasteiger partial charge < -0.3 is 14.7 Å². The van der Waals surface area contributed by atoms with Crippen molar-refractivity contribution in [3.8, 4) is 0 Å². The van der Waals surface area contributed by atoms with Gasteiger partial charge in [-0.2, -0.15) is 0 Å². The van der Waals surface area contributed by atoms with E-state index in [9.17, 15) is 14.0 Å². The Kier molecular flexibility index (Phi) is 6.73. The Hall–Kier alpha value is -1.95. The molecule has 1 amide bonds. The summed E-state index contributed by atoms with van der Waals surface area (Å²) in [5.41, 5.74) is 0.494. The van der Waals surface area contributed by atoms with E-state index < -0.39 is 11.9 Å². The highest BCUT2D eigenvalue weighted by molar-refractivity contribution is 5.79. The van der Waals surface area contributed by atoms with Crippen LogP contribution in [0, 0.1) is 11.7 Å². The standard InChI is InChI=1S/C18H24FNO4/c1-13(11-14-5-2-3-7-16(14)19)18(23)20(9-8-17(21)22)12-15-6-4-10-24-15/h2-3,5,7,13,15H,4,6,8-12H2,1H3,(H,21,22). The summed E-state index contributed by atoms with van der Waals surface area (Å²) < 4.78 is 19.3. The zero-order valence-corrected chi connectivity index (χ0v) is 13.9. The number of halogens is 1. The van der Waals surface area contributed by atoms with Gasteiger partial charge in [-0.3, -0.25) is 9.59 Å². The molecule has 0 saturated carbocycles. The topological polar surface area (TPSA) is 66.8 Å². The zero-order valence-electron chi connectivity index (χ0n) is 13.9. The fourth-order valence-corrected chi connectivity index (χ4v) is 2.95. The molecule has 1 aromatic carbocycles. The minimum Gasteiger partial charge on any atom is -0.481 e. The molecule has 0 aromatic heterocycles. The van der Waals surface area contributed by atoms with Crippen LogP contribution in [0.4, 0.5) is 4.39 Å². The number of carbonyl (C=O) groups excluding carboxylic acids is 1. The van der Waals surface area contributed by atoms with Gasteiger partial charge in [0.2, 0.25) is 5.91 Å². The van der Waals surface area contributed by atoms with Gasteiger partial charge in [0.15, 0.2) is 0 Å². The average molecular weight is 337 g/mol. The zero-order chi connectivity index (χ0) is 17.5. The molecule has 24 heavy (non-hydrogen) atoms. The van der Waals surface area contributed by atoms with Crippen molar-refractivity contribution in [2.75, 3.05) is 19.7 Å². The molecule has 0 aliphatic carbocycles. The second-order valence-corrected chi connectivity index (χ2v) is 6.26. The minimum absolute atomic E-state index is 0.0385. The van der Waals surface area contributed by atoms with Gasteiger partial charge >= 0.3 is 5.97 Å². The molecule has 1 saturated heterocycles. The predicted molar refractivity (Wildman–Crippen MR) is 87.1 cm³/mol. The molecule has 2 rings (SSSR count). The molecule has 132 valence electrons. The first-order valence-corrected chi connectivity index (χ1v) is 8.33. The number of carboxylic acids is 1. The van der Waals surface area contributed by atoms with Crippen LogP contribution in [0.5, 0.6) is 0 Å². The molecule has 2 atom stereocenters. The quantitative estimate of drug-likeness (QED) is 0.791. The van der Waals surface area contributed by atoms with Crippen LogP contribution >= 0.6 is 0 Å². The molecule has 0 spiro atoms. The van der Waals surface area contributed by atoms with E-state index in [1.165, 1.54) is 6.07 Å². The third-order valence-electron chi connectivity index (χ3n) is 4.26. The molecular weight excluding hydrogens is 313 g/mol. The molecule has 1 heterocycles. The van der Waals surface area contributed by atoms with Crippen LogP contribution in [0.1, 0.15) is 31.7 Å². The average Bonchev–Trinajstić information content (AvgIpc) is 3.05. The fourth-order valence-electron chi connectivity index (χ4n) is 2.95. The number of aliphatic carboxylic acids is 1. The fraction of sp³-hybridized carbons (Fsp3) is 0.556. The third-order valence-corrected chi connectivity index (χ3v) is 4.26. The lowest BCUT2D eigenvalue weighted by Crippen LogP contribution is -2.42. The van der Waals surface area contributed by atoms with Crippen LogP contribution in [0.2, 0.25) is 0 Å². The summed E-state index contributed by atoms with van der Waals surface area (Å²) in [7, 11) is 0. The van der Waals surface area contributed by atoms with Gasteiger partial charge in [0.25, 0.3) is 0 Å². The maximum absolute atomic E-state index is 13.8. The molecule has 2 unspecified atom stereocenters. The highest BCUT2D eigenvalue weighted by atomic mass is 19.1. The number of carboxylic acid groups (broad SMARTS) is 1. The summed E-state index contributed by atoms with van der Waals surface area (Å²) in [5, 5.41) is 8.90. The van der Waals surface area contributed by atoms with Gasteiger partial charge in [-0.1, -0.05) is 25.1 Å². The maximum atomic E-state index is 13.8. The van der Waals surface area contributed by atoms with Crippen LogP contribution in [0.3, 0.4) is 0 Å². The lowest BCUT2D eigenvalue weighted by atomic mass is 9.99. The number of rotatable bonds is 8. The predicted octanol–water partition coefficient (Wildman–Crippen LogP) is 2.49. The molecule has 1 fully saturated rings. The Balaban J connectivity index is 2.01. The Labute approximate surface area is 141 Å². The number of hydrogen-bond donors (Lipinski definition) is 1. The van der Waals surface area contributed by atoms with Crippen molar-refractivity contribution in [1.29, 1.82) is 0 Å². The molecule has 1 aliphatic heterocycles. The summed E-state index contributed by atoms with van der Waals surface area (Å²) in [5.74, 6) is -1.85. The van der Waals surface area contributed by atoms with Gasteiger partial charge in [-0.05, 0) is 30.9 Å². The van der Waals surface area contributed by atoms with Gasteiger partial charge in [-0.25, -0.2) is 4.39 Å². The highest BCUT2D eigenvalue weighted by Crippen LogP contribution is 2.18. The molecule has 5 nitrogen and oxygen atoms in total. The number of benzene rings is 1. The van der Waals surface area contributed by atoms with Crippen LogP contribution in [-0.2, 0) is 20.7 Å².